The van der Waals surface area contributed by atoms with Gasteiger partial charge >= 0.3 is 6.03 Å². The molecule has 1 aromatic rings. The maximum Gasteiger partial charge on any atom is 0.319 e. The summed E-state index contributed by atoms with van der Waals surface area (Å²) in [6.45, 7) is 3.11. The monoisotopic (exact) mass is 279 g/mol. The fourth-order valence-electron chi connectivity index (χ4n) is 2.62. The smallest absolute Gasteiger partial charge is 0.319 e. The molecule has 2 rings (SSSR count). The Morgan fingerprint density at radius 3 is 2.35 bits per heavy atom. The molecule has 3 N–H and O–H groups in total. The summed E-state index contributed by atoms with van der Waals surface area (Å²) >= 11 is 0. The summed E-state index contributed by atoms with van der Waals surface area (Å²) in [5.74, 6) is -0.308. The first kappa shape index (κ1) is 14.8. The second-order valence-corrected chi connectivity index (χ2v) is 5.21. The van der Waals surface area contributed by atoms with Gasteiger partial charge < -0.3 is 16.0 Å². The summed E-state index contributed by atoms with van der Waals surface area (Å²) in [5.41, 5.74) is 0.602. The van der Waals surface area contributed by atoms with Crippen molar-refractivity contribution >= 4 is 11.7 Å². The van der Waals surface area contributed by atoms with E-state index in [1.54, 1.807) is 12.1 Å². The normalized spacial score (nSPS) is 22.3. The molecule has 0 aliphatic heterocycles. The summed E-state index contributed by atoms with van der Waals surface area (Å²) < 4.78 is 12.8. The number of anilines is 1. The van der Waals surface area contributed by atoms with Crippen LogP contribution in [0.15, 0.2) is 24.3 Å². The molecule has 2 amide bonds. The van der Waals surface area contributed by atoms with Crippen LogP contribution in [-0.2, 0) is 0 Å². The van der Waals surface area contributed by atoms with E-state index >= 15 is 0 Å². The van der Waals surface area contributed by atoms with Crippen molar-refractivity contribution in [2.24, 2.45) is 0 Å². The van der Waals surface area contributed by atoms with Crippen LogP contribution in [0.25, 0.3) is 0 Å². The van der Waals surface area contributed by atoms with Crippen molar-refractivity contribution in [1.82, 2.24) is 10.6 Å². The first-order valence-corrected chi connectivity index (χ1v) is 7.24. The SMILES string of the molecule is CCNC1CCC(NC(=O)Nc2ccc(F)cc2)CC1. The highest BCUT2D eigenvalue weighted by Gasteiger charge is 2.21. The molecule has 0 bridgehead atoms. The maximum atomic E-state index is 12.8. The van der Waals surface area contributed by atoms with Crippen molar-refractivity contribution in [2.75, 3.05) is 11.9 Å². The van der Waals surface area contributed by atoms with Crippen molar-refractivity contribution in [3.05, 3.63) is 30.1 Å². The Balaban J connectivity index is 1.74. The second kappa shape index (κ2) is 7.24. The van der Waals surface area contributed by atoms with Crippen molar-refractivity contribution in [3.63, 3.8) is 0 Å². The summed E-state index contributed by atoms with van der Waals surface area (Å²) in [5, 5.41) is 9.13. The zero-order valence-corrected chi connectivity index (χ0v) is 11.8. The molecule has 1 fully saturated rings. The molecular formula is C15H22FN3O. The number of carbonyl (C=O) groups is 1. The van der Waals surface area contributed by atoms with Gasteiger partial charge in [0, 0.05) is 17.8 Å². The summed E-state index contributed by atoms with van der Waals surface area (Å²) in [7, 11) is 0. The van der Waals surface area contributed by atoms with Gasteiger partial charge in [0.2, 0.25) is 0 Å². The van der Waals surface area contributed by atoms with Gasteiger partial charge in [-0.3, -0.25) is 0 Å². The molecular weight excluding hydrogens is 257 g/mol. The van der Waals surface area contributed by atoms with Gasteiger partial charge in [-0.2, -0.15) is 0 Å². The first-order valence-electron chi connectivity index (χ1n) is 7.24. The maximum absolute atomic E-state index is 12.8. The highest BCUT2D eigenvalue weighted by molar-refractivity contribution is 5.89. The van der Waals surface area contributed by atoms with Crippen molar-refractivity contribution in [2.45, 2.75) is 44.7 Å². The summed E-state index contributed by atoms with van der Waals surface area (Å²) in [6.07, 6.45) is 4.17. The van der Waals surface area contributed by atoms with E-state index in [0.29, 0.717) is 11.7 Å². The van der Waals surface area contributed by atoms with E-state index in [-0.39, 0.29) is 17.9 Å². The van der Waals surface area contributed by atoms with E-state index in [1.165, 1.54) is 12.1 Å². The van der Waals surface area contributed by atoms with E-state index in [9.17, 15) is 9.18 Å². The predicted octanol–water partition coefficient (Wildman–Crippen LogP) is 2.87. The van der Waals surface area contributed by atoms with E-state index in [2.05, 4.69) is 22.9 Å². The Morgan fingerprint density at radius 1 is 1.15 bits per heavy atom. The van der Waals surface area contributed by atoms with Crippen LogP contribution in [0.2, 0.25) is 0 Å². The van der Waals surface area contributed by atoms with E-state index in [4.69, 9.17) is 0 Å². The molecule has 5 heteroatoms. The number of nitrogens with one attached hydrogen (secondary N) is 3. The molecule has 1 aliphatic rings. The molecule has 0 heterocycles. The van der Waals surface area contributed by atoms with E-state index in [0.717, 1.165) is 32.2 Å². The Morgan fingerprint density at radius 2 is 1.75 bits per heavy atom. The predicted molar refractivity (Wildman–Crippen MR) is 78.3 cm³/mol. The highest BCUT2D eigenvalue weighted by Crippen LogP contribution is 2.18. The average molecular weight is 279 g/mol. The zero-order chi connectivity index (χ0) is 14.4. The fraction of sp³-hybridized carbons (Fsp3) is 0.533. The first-order chi connectivity index (χ1) is 9.67. The molecule has 0 spiro atoms. The lowest BCUT2D eigenvalue weighted by atomic mass is 9.91. The quantitative estimate of drug-likeness (QED) is 0.794. The minimum atomic E-state index is -0.308. The van der Waals surface area contributed by atoms with Gasteiger partial charge in [0.05, 0.1) is 0 Å². The van der Waals surface area contributed by atoms with E-state index < -0.39 is 0 Å². The summed E-state index contributed by atoms with van der Waals surface area (Å²) in [4.78, 5) is 11.8. The van der Waals surface area contributed by atoms with Crippen LogP contribution in [-0.4, -0.2) is 24.7 Å². The molecule has 0 saturated heterocycles. The third kappa shape index (κ3) is 4.49. The van der Waals surface area contributed by atoms with Gasteiger partial charge in [-0.05, 0) is 56.5 Å². The Hall–Kier alpha value is -1.62. The van der Waals surface area contributed by atoms with Crippen LogP contribution in [0.4, 0.5) is 14.9 Å². The fourth-order valence-corrected chi connectivity index (χ4v) is 2.62. The molecule has 0 atom stereocenters. The average Bonchev–Trinajstić information content (AvgIpc) is 2.44. The Bertz CT molecular complexity index is 427. The summed E-state index contributed by atoms with van der Waals surface area (Å²) in [6, 6.07) is 6.36. The lowest BCUT2D eigenvalue weighted by Crippen LogP contribution is -2.43. The molecule has 20 heavy (non-hydrogen) atoms. The standard InChI is InChI=1S/C15H22FN3O/c1-2-17-12-7-9-14(10-8-12)19-15(20)18-13-5-3-11(16)4-6-13/h3-6,12,14,17H,2,7-10H2,1H3,(H2,18,19,20). The van der Waals surface area contributed by atoms with E-state index in [1.807, 2.05) is 0 Å². The molecule has 0 aromatic heterocycles. The van der Waals surface area contributed by atoms with Crippen LogP contribution in [0, 0.1) is 5.82 Å². The van der Waals surface area contributed by atoms with Gasteiger partial charge in [-0.15, -0.1) is 0 Å². The molecule has 110 valence electrons. The second-order valence-electron chi connectivity index (χ2n) is 5.21. The van der Waals surface area contributed by atoms with Gasteiger partial charge in [-0.1, -0.05) is 6.92 Å². The third-order valence-electron chi connectivity index (χ3n) is 3.66. The number of halogens is 1. The topological polar surface area (TPSA) is 53.2 Å². The molecule has 1 aliphatic carbocycles. The molecule has 4 nitrogen and oxygen atoms in total. The van der Waals surface area contributed by atoms with Crippen LogP contribution in [0.1, 0.15) is 32.6 Å². The van der Waals surface area contributed by atoms with Crippen LogP contribution in [0.5, 0.6) is 0 Å². The van der Waals surface area contributed by atoms with Crippen LogP contribution in [0.3, 0.4) is 0 Å². The molecule has 1 aromatic carbocycles. The lowest BCUT2D eigenvalue weighted by molar-refractivity contribution is 0.240. The van der Waals surface area contributed by atoms with Gasteiger partial charge in [-0.25, -0.2) is 9.18 Å². The number of hydrogen-bond donors (Lipinski definition) is 3. The Labute approximate surface area is 119 Å². The minimum Gasteiger partial charge on any atom is -0.335 e. The molecule has 0 unspecified atom stereocenters. The Kier molecular flexibility index (Phi) is 5.35. The third-order valence-corrected chi connectivity index (χ3v) is 3.66. The zero-order valence-electron chi connectivity index (χ0n) is 11.8. The van der Waals surface area contributed by atoms with Crippen molar-refractivity contribution < 1.29 is 9.18 Å². The lowest BCUT2D eigenvalue weighted by Gasteiger charge is -2.29. The number of benzene rings is 1. The van der Waals surface area contributed by atoms with Crippen molar-refractivity contribution in [3.8, 4) is 0 Å². The number of amides is 2. The number of urea groups is 1. The van der Waals surface area contributed by atoms with Crippen LogP contribution >= 0.6 is 0 Å². The van der Waals surface area contributed by atoms with Gasteiger partial charge in [0.25, 0.3) is 0 Å². The number of carbonyl (C=O) groups excluding carboxylic acids is 1. The van der Waals surface area contributed by atoms with Crippen LogP contribution < -0.4 is 16.0 Å². The largest absolute Gasteiger partial charge is 0.335 e. The molecule has 1 saturated carbocycles. The van der Waals surface area contributed by atoms with Gasteiger partial charge in [0.1, 0.15) is 5.82 Å². The minimum absolute atomic E-state index is 0.219. The molecule has 0 radical (unpaired) electrons. The number of rotatable bonds is 4. The highest BCUT2D eigenvalue weighted by atomic mass is 19.1. The number of hydrogen-bond acceptors (Lipinski definition) is 2. The van der Waals surface area contributed by atoms with Gasteiger partial charge in [0.15, 0.2) is 0 Å². The van der Waals surface area contributed by atoms with Crippen molar-refractivity contribution in [1.29, 1.82) is 0 Å².